The molecular weight excluding hydrogens is 310 g/mol. The molecule has 0 aliphatic rings. The van der Waals surface area contributed by atoms with Gasteiger partial charge < -0.3 is 14.2 Å². The van der Waals surface area contributed by atoms with Crippen LogP contribution >= 0.6 is 0 Å². The summed E-state index contributed by atoms with van der Waals surface area (Å²) in [4.78, 5) is 27.3. The SMILES string of the molecule is COC(=O)/C=C/c1cnc(OCc2ccccc2)cc1C(=O)OC. The number of aromatic nitrogens is 1. The number of hydrogen-bond acceptors (Lipinski definition) is 6. The Morgan fingerprint density at radius 1 is 1.12 bits per heavy atom. The summed E-state index contributed by atoms with van der Waals surface area (Å²) in [6.45, 7) is 0.325. The van der Waals surface area contributed by atoms with Crippen LogP contribution in [0.1, 0.15) is 21.5 Å². The van der Waals surface area contributed by atoms with Crippen LogP contribution in [0.3, 0.4) is 0 Å². The van der Waals surface area contributed by atoms with Gasteiger partial charge in [0.2, 0.25) is 5.88 Å². The van der Waals surface area contributed by atoms with Crippen LogP contribution < -0.4 is 4.74 Å². The first-order valence-electron chi connectivity index (χ1n) is 7.15. The first-order valence-corrected chi connectivity index (χ1v) is 7.15. The molecule has 6 heteroatoms. The average molecular weight is 327 g/mol. The summed E-state index contributed by atoms with van der Waals surface area (Å²) in [6, 6.07) is 11.1. The van der Waals surface area contributed by atoms with E-state index in [4.69, 9.17) is 9.47 Å². The summed E-state index contributed by atoms with van der Waals surface area (Å²) in [5, 5.41) is 0. The second-order valence-electron chi connectivity index (χ2n) is 4.73. The Kier molecular flexibility index (Phi) is 6.08. The number of carbonyl (C=O) groups excluding carboxylic acids is 2. The van der Waals surface area contributed by atoms with Gasteiger partial charge in [0.25, 0.3) is 0 Å². The average Bonchev–Trinajstić information content (AvgIpc) is 2.64. The van der Waals surface area contributed by atoms with Crippen molar-refractivity contribution in [3.63, 3.8) is 0 Å². The summed E-state index contributed by atoms with van der Waals surface area (Å²) < 4.78 is 14.9. The lowest BCUT2D eigenvalue weighted by Gasteiger charge is -2.09. The number of rotatable bonds is 6. The Labute approximate surface area is 139 Å². The standard InChI is InChI=1S/C18H17NO5/c1-22-17(20)9-8-14-11-19-16(10-15(14)18(21)23-2)24-12-13-6-4-3-5-7-13/h3-11H,12H2,1-2H3/b9-8+. The van der Waals surface area contributed by atoms with Crippen molar-refractivity contribution < 1.29 is 23.8 Å². The highest BCUT2D eigenvalue weighted by atomic mass is 16.5. The number of methoxy groups -OCH3 is 2. The molecule has 0 aliphatic heterocycles. The highest BCUT2D eigenvalue weighted by Gasteiger charge is 2.13. The van der Waals surface area contributed by atoms with Gasteiger partial charge in [0.15, 0.2) is 0 Å². The van der Waals surface area contributed by atoms with Gasteiger partial charge in [-0.2, -0.15) is 0 Å². The molecule has 2 aromatic rings. The fourth-order valence-corrected chi connectivity index (χ4v) is 1.90. The first-order chi connectivity index (χ1) is 11.6. The highest BCUT2D eigenvalue weighted by molar-refractivity contribution is 5.95. The van der Waals surface area contributed by atoms with Crippen molar-refractivity contribution in [2.75, 3.05) is 14.2 Å². The number of pyridine rings is 1. The summed E-state index contributed by atoms with van der Waals surface area (Å²) in [6.07, 6.45) is 4.08. The van der Waals surface area contributed by atoms with E-state index >= 15 is 0 Å². The highest BCUT2D eigenvalue weighted by Crippen LogP contribution is 2.18. The molecule has 0 saturated carbocycles. The Morgan fingerprint density at radius 2 is 1.88 bits per heavy atom. The lowest BCUT2D eigenvalue weighted by atomic mass is 10.1. The Bertz CT molecular complexity index is 740. The molecule has 0 aliphatic carbocycles. The molecule has 2 rings (SSSR count). The molecule has 0 N–H and O–H groups in total. The Hall–Kier alpha value is -3.15. The Balaban J connectivity index is 2.20. The quantitative estimate of drug-likeness (QED) is 0.600. The predicted octanol–water partition coefficient (Wildman–Crippen LogP) is 2.63. The zero-order valence-corrected chi connectivity index (χ0v) is 13.4. The smallest absolute Gasteiger partial charge is 0.338 e. The molecule has 0 radical (unpaired) electrons. The van der Waals surface area contributed by atoms with E-state index in [0.717, 1.165) is 5.56 Å². The number of esters is 2. The van der Waals surface area contributed by atoms with Crippen LogP contribution in [0, 0.1) is 0 Å². The third kappa shape index (κ3) is 4.67. The summed E-state index contributed by atoms with van der Waals surface area (Å²) in [5.41, 5.74) is 1.66. The van der Waals surface area contributed by atoms with Gasteiger partial charge in [0.05, 0.1) is 19.8 Å². The maximum atomic E-state index is 11.9. The van der Waals surface area contributed by atoms with Crippen molar-refractivity contribution in [2.45, 2.75) is 6.61 Å². The molecule has 24 heavy (non-hydrogen) atoms. The molecule has 0 atom stereocenters. The molecule has 6 nitrogen and oxygen atoms in total. The van der Waals surface area contributed by atoms with E-state index in [1.54, 1.807) is 0 Å². The molecule has 0 bridgehead atoms. The topological polar surface area (TPSA) is 74.7 Å². The Morgan fingerprint density at radius 3 is 2.54 bits per heavy atom. The van der Waals surface area contributed by atoms with E-state index in [1.807, 2.05) is 30.3 Å². The number of benzene rings is 1. The minimum atomic E-state index is -0.550. The van der Waals surface area contributed by atoms with Crippen LogP contribution in [0.4, 0.5) is 0 Å². The van der Waals surface area contributed by atoms with Crippen LogP contribution in [0.5, 0.6) is 5.88 Å². The number of carbonyl (C=O) groups is 2. The molecule has 0 amide bonds. The molecule has 0 fully saturated rings. The minimum absolute atomic E-state index is 0.246. The second-order valence-corrected chi connectivity index (χ2v) is 4.73. The van der Waals surface area contributed by atoms with Crippen molar-refractivity contribution in [1.82, 2.24) is 4.98 Å². The molecule has 0 unspecified atom stereocenters. The zero-order chi connectivity index (χ0) is 17.4. The van der Waals surface area contributed by atoms with Gasteiger partial charge in [0.1, 0.15) is 6.61 Å². The van der Waals surface area contributed by atoms with Crippen LogP contribution in [0.2, 0.25) is 0 Å². The van der Waals surface area contributed by atoms with E-state index < -0.39 is 11.9 Å². The third-order valence-electron chi connectivity index (χ3n) is 3.14. The third-order valence-corrected chi connectivity index (χ3v) is 3.14. The van der Waals surface area contributed by atoms with Crippen molar-refractivity contribution in [2.24, 2.45) is 0 Å². The van der Waals surface area contributed by atoms with Crippen LogP contribution in [0.15, 0.2) is 48.7 Å². The van der Waals surface area contributed by atoms with E-state index in [-0.39, 0.29) is 11.4 Å². The van der Waals surface area contributed by atoms with Crippen molar-refractivity contribution >= 4 is 18.0 Å². The lowest BCUT2D eigenvalue weighted by molar-refractivity contribution is -0.134. The van der Waals surface area contributed by atoms with Gasteiger partial charge in [-0.3, -0.25) is 0 Å². The molecule has 1 aromatic heterocycles. The zero-order valence-electron chi connectivity index (χ0n) is 13.4. The lowest BCUT2D eigenvalue weighted by Crippen LogP contribution is -2.06. The molecule has 124 valence electrons. The minimum Gasteiger partial charge on any atom is -0.473 e. The molecule has 0 saturated heterocycles. The largest absolute Gasteiger partial charge is 0.473 e. The monoisotopic (exact) mass is 327 g/mol. The number of nitrogens with zero attached hydrogens (tertiary/aromatic N) is 1. The van der Waals surface area contributed by atoms with E-state index in [2.05, 4.69) is 9.72 Å². The first kappa shape index (κ1) is 17.2. The maximum Gasteiger partial charge on any atom is 0.338 e. The maximum absolute atomic E-state index is 11.9. The van der Waals surface area contributed by atoms with Gasteiger partial charge in [-0.15, -0.1) is 0 Å². The van der Waals surface area contributed by atoms with E-state index in [0.29, 0.717) is 12.2 Å². The number of hydrogen-bond donors (Lipinski definition) is 0. The molecule has 0 spiro atoms. The van der Waals surface area contributed by atoms with Crippen LogP contribution in [-0.2, 0) is 20.9 Å². The van der Waals surface area contributed by atoms with E-state index in [9.17, 15) is 9.59 Å². The van der Waals surface area contributed by atoms with Crippen molar-refractivity contribution in [3.05, 3.63) is 65.4 Å². The fourth-order valence-electron chi connectivity index (χ4n) is 1.90. The van der Waals surface area contributed by atoms with Crippen molar-refractivity contribution in [3.8, 4) is 5.88 Å². The van der Waals surface area contributed by atoms with Crippen LogP contribution in [-0.4, -0.2) is 31.1 Å². The van der Waals surface area contributed by atoms with Gasteiger partial charge in [-0.05, 0) is 11.6 Å². The van der Waals surface area contributed by atoms with Crippen molar-refractivity contribution in [1.29, 1.82) is 0 Å². The van der Waals surface area contributed by atoms with Gasteiger partial charge in [0, 0.05) is 23.9 Å². The number of ether oxygens (including phenoxy) is 3. The summed E-state index contributed by atoms with van der Waals surface area (Å²) in [5.74, 6) is -0.795. The van der Waals surface area contributed by atoms with Gasteiger partial charge in [-0.1, -0.05) is 30.3 Å². The fraction of sp³-hybridized carbons (Fsp3) is 0.167. The van der Waals surface area contributed by atoms with E-state index in [1.165, 1.54) is 38.6 Å². The van der Waals surface area contributed by atoms with Crippen LogP contribution in [0.25, 0.3) is 6.08 Å². The summed E-state index contributed by atoms with van der Waals surface area (Å²) >= 11 is 0. The summed E-state index contributed by atoms with van der Waals surface area (Å²) in [7, 11) is 2.55. The molecule has 1 aromatic carbocycles. The van der Waals surface area contributed by atoms with Gasteiger partial charge >= 0.3 is 11.9 Å². The normalized spacial score (nSPS) is 10.4. The second kappa shape index (κ2) is 8.47. The van der Waals surface area contributed by atoms with Gasteiger partial charge in [-0.25, -0.2) is 14.6 Å². The predicted molar refractivity (Wildman–Crippen MR) is 87.4 cm³/mol. The molecule has 1 heterocycles. The molecular formula is C18H17NO5.